The van der Waals surface area contributed by atoms with Crippen LogP contribution in [0.1, 0.15) is 69.7 Å². The molecule has 0 heterocycles. The summed E-state index contributed by atoms with van der Waals surface area (Å²) < 4.78 is 0. The number of rotatable bonds is 0. The van der Waals surface area contributed by atoms with Crippen molar-refractivity contribution in [1.82, 2.24) is 0 Å². The van der Waals surface area contributed by atoms with E-state index in [0.717, 1.165) is 0 Å². The molecule has 0 aliphatic carbocycles. The summed E-state index contributed by atoms with van der Waals surface area (Å²) in [5, 5.41) is 7.57. The largest absolute Gasteiger partial charge is 0.397 e. The Morgan fingerprint density at radius 3 is 0.750 bits per heavy atom. The van der Waals surface area contributed by atoms with Crippen LogP contribution < -0.4 is 0 Å². The minimum absolute atomic E-state index is 0. The first-order valence-corrected chi connectivity index (χ1v) is 4.44. The van der Waals surface area contributed by atoms with Gasteiger partial charge >= 0.3 is 0 Å². The molecule has 1 N–H and O–H groups in total. The van der Waals surface area contributed by atoms with Crippen LogP contribution in [0.5, 0.6) is 0 Å². The summed E-state index contributed by atoms with van der Waals surface area (Å²) in [6.45, 7) is 14.2. The van der Waals surface area contributed by atoms with E-state index in [9.17, 15) is 0 Å². The first kappa shape index (κ1) is 40.4. The second-order valence-electron chi connectivity index (χ2n) is 1.02. The minimum atomic E-state index is 0. The summed E-state index contributed by atoms with van der Waals surface area (Å²) in [6, 6.07) is 0. The van der Waals surface area contributed by atoms with Crippen LogP contribution in [0.15, 0.2) is 0 Å². The van der Waals surface area contributed by atoms with Gasteiger partial charge in [0.2, 0.25) is 0 Å². The summed E-state index contributed by atoms with van der Waals surface area (Å²) in [6.07, 6.45) is 1.25. The summed E-state index contributed by atoms with van der Waals surface area (Å²) in [5.41, 5.74) is 0. The van der Waals surface area contributed by atoms with Crippen LogP contribution in [0, 0.1) is 0 Å². The molecule has 0 saturated carbocycles. The van der Waals surface area contributed by atoms with E-state index in [0.29, 0.717) is 0 Å². The van der Waals surface area contributed by atoms with Gasteiger partial charge in [-0.3, -0.25) is 0 Å². The monoisotopic (exact) mass is 182 g/mol. The van der Waals surface area contributed by atoms with Gasteiger partial charge in [-0.2, -0.15) is 0 Å². The minimum Gasteiger partial charge on any atom is -0.397 e. The van der Waals surface area contributed by atoms with Crippen molar-refractivity contribution in [2.24, 2.45) is 0 Å². The molecule has 0 spiro atoms. The third-order valence-corrected chi connectivity index (χ3v) is 0. The number of hydrogen-bond acceptors (Lipinski definition) is 1. The first-order valence-electron chi connectivity index (χ1n) is 4.44. The maximum Gasteiger partial charge on any atom is 0.0402 e. The molecular weight excluding hydrogens is 148 g/mol. The van der Waals surface area contributed by atoms with Gasteiger partial charge in [-0.1, -0.05) is 62.8 Å². The highest BCUT2D eigenvalue weighted by Gasteiger charge is 1.35. The van der Waals surface area contributed by atoms with E-state index in [2.05, 4.69) is 13.8 Å². The van der Waals surface area contributed by atoms with Crippen LogP contribution in [-0.4, -0.2) is 11.7 Å². The van der Waals surface area contributed by atoms with Gasteiger partial charge in [-0.05, 0) is 6.92 Å². The van der Waals surface area contributed by atoms with Gasteiger partial charge in [0.15, 0.2) is 0 Å². The van der Waals surface area contributed by atoms with Gasteiger partial charge in [0, 0.05) is 6.61 Å². The van der Waals surface area contributed by atoms with Crippen molar-refractivity contribution in [3.8, 4) is 0 Å². The highest BCUT2D eigenvalue weighted by Crippen LogP contribution is 1.56. The van der Waals surface area contributed by atoms with Gasteiger partial charge in [0.05, 0.1) is 0 Å². The molecule has 0 fully saturated rings. The van der Waals surface area contributed by atoms with E-state index < -0.39 is 0 Å². The van der Waals surface area contributed by atoms with Gasteiger partial charge in [0.25, 0.3) is 0 Å². The maximum atomic E-state index is 7.57. The van der Waals surface area contributed by atoms with E-state index in [-0.39, 0.29) is 21.5 Å². The Hall–Kier alpha value is -0.0400. The second kappa shape index (κ2) is 283. The molecule has 0 rings (SSSR count). The van der Waals surface area contributed by atoms with Crippen molar-refractivity contribution < 1.29 is 5.11 Å². The van der Waals surface area contributed by atoms with Crippen LogP contribution in [0.25, 0.3) is 0 Å². The molecule has 0 aromatic rings. The van der Waals surface area contributed by atoms with Crippen molar-refractivity contribution in [2.45, 2.75) is 69.7 Å². The molecule has 0 amide bonds. The van der Waals surface area contributed by atoms with E-state index in [1.807, 2.05) is 27.7 Å². The average Bonchev–Trinajstić information content (AvgIpc) is 1.99. The zero-order valence-electron chi connectivity index (χ0n) is 8.86. The van der Waals surface area contributed by atoms with Crippen molar-refractivity contribution in [2.75, 3.05) is 6.61 Å². The lowest BCUT2D eigenvalue weighted by Crippen LogP contribution is -1.57. The molecule has 0 aromatic carbocycles. The normalized spacial score (nSPS) is 4.00. The Labute approximate surface area is 82.2 Å². The SMILES string of the molecule is C.C.CC.CC.CCC.CCO. The van der Waals surface area contributed by atoms with Crippen LogP contribution in [-0.2, 0) is 0 Å². The molecule has 0 saturated heterocycles. The Morgan fingerprint density at radius 1 is 0.750 bits per heavy atom. The van der Waals surface area contributed by atoms with Gasteiger partial charge in [-0.25, -0.2) is 0 Å². The molecule has 1 heteroatoms. The summed E-state index contributed by atoms with van der Waals surface area (Å²) in [4.78, 5) is 0. The quantitative estimate of drug-likeness (QED) is 0.574. The number of aliphatic hydroxyl groups is 1. The van der Waals surface area contributed by atoms with E-state index in [1.54, 1.807) is 6.92 Å². The molecule has 84 valence electrons. The van der Waals surface area contributed by atoms with Crippen molar-refractivity contribution in [3.63, 3.8) is 0 Å². The predicted molar refractivity (Wildman–Crippen MR) is 64.9 cm³/mol. The lowest BCUT2D eigenvalue weighted by atomic mass is 10.6. The average molecular weight is 182 g/mol. The zero-order valence-corrected chi connectivity index (χ0v) is 8.86. The Balaban J connectivity index is -0.00000000967. The Morgan fingerprint density at radius 2 is 0.750 bits per heavy atom. The molecule has 1 nitrogen and oxygen atoms in total. The van der Waals surface area contributed by atoms with E-state index >= 15 is 0 Å². The predicted octanol–water partition coefficient (Wildman–Crippen LogP) is 4.74. The van der Waals surface area contributed by atoms with E-state index in [4.69, 9.17) is 5.11 Å². The lowest BCUT2D eigenvalue weighted by Gasteiger charge is -1.52. The lowest BCUT2D eigenvalue weighted by molar-refractivity contribution is 0.318. The fourth-order valence-corrected chi connectivity index (χ4v) is 0. The molecule has 0 aromatic heterocycles. The number of aliphatic hydroxyl groups excluding tert-OH is 1. The molecule has 0 unspecified atom stereocenters. The van der Waals surface area contributed by atoms with Crippen LogP contribution in [0.4, 0.5) is 0 Å². The third kappa shape index (κ3) is 500000. The Kier molecular flexibility index (Phi) is 954. The first-order chi connectivity index (χ1) is 4.83. The van der Waals surface area contributed by atoms with Crippen molar-refractivity contribution in [3.05, 3.63) is 0 Å². The maximum absolute atomic E-state index is 7.57. The molecule has 0 aliphatic rings. The topological polar surface area (TPSA) is 20.2 Å². The second-order valence-corrected chi connectivity index (χ2v) is 1.02. The molecule has 0 radical (unpaired) electrons. The fourth-order valence-electron chi connectivity index (χ4n) is 0. The van der Waals surface area contributed by atoms with Crippen molar-refractivity contribution >= 4 is 0 Å². The molecular formula is C11H34O. The fraction of sp³-hybridized carbons (Fsp3) is 1.00. The van der Waals surface area contributed by atoms with E-state index in [1.165, 1.54) is 6.42 Å². The standard InChI is InChI=1S/C3H8.C2H6O.2C2H6.2CH4/c1-3-2;1-2-3;2*1-2;;/h3H2,1-2H3;3H,2H2,1H3;2*1-2H3;2*1H4. The Bertz CT molecular complexity index is 6.97. The molecule has 0 atom stereocenters. The molecule has 0 aliphatic heterocycles. The van der Waals surface area contributed by atoms with Crippen LogP contribution in [0.2, 0.25) is 0 Å². The summed E-state index contributed by atoms with van der Waals surface area (Å²) in [7, 11) is 0. The summed E-state index contributed by atoms with van der Waals surface area (Å²) >= 11 is 0. The van der Waals surface area contributed by atoms with Gasteiger partial charge in [-0.15, -0.1) is 0 Å². The number of hydrogen-bond donors (Lipinski definition) is 1. The smallest absolute Gasteiger partial charge is 0.0402 e. The van der Waals surface area contributed by atoms with Gasteiger partial charge < -0.3 is 5.11 Å². The molecule has 12 heavy (non-hydrogen) atoms. The van der Waals surface area contributed by atoms with Crippen LogP contribution in [0.3, 0.4) is 0 Å². The third-order valence-electron chi connectivity index (χ3n) is 0. The zero-order chi connectivity index (χ0) is 9.41. The van der Waals surface area contributed by atoms with Gasteiger partial charge in [0.1, 0.15) is 0 Å². The molecule has 0 bridgehead atoms. The highest BCUT2D eigenvalue weighted by atomic mass is 16.2. The summed E-state index contributed by atoms with van der Waals surface area (Å²) in [5.74, 6) is 0. The van der Waals surface area contributed by atoms with Crippen molar-refractivity contribution in [1.29, 1.82) is 0 Å². The highest BCUT2D eigenvalue weighted by molar-refractivity contribution is 3.92. The van der Waals surface area contributed by atoms with Crippen LogP contribution >= 0.6 is 0 Å².